The van der Waals surface area contributed by atoms with Gasteiger partial charge in [-0.15, -0.1) is 5.10 Å². The van der Waals surface area contributed by atoms with Crippen molar-refractivity contribution in [1.29, 1.82) is 0 Å². The molecule has 0 atom stereocenters. The van der Waals surface area contributed by atoms with Crippen LogP contribution in [0.3, 0.4) is 0 Å². The predicted octanol–water partition coefficient (Wildman–Crippen LogP) is 0.648. The van der Waals surface area contributed by atoms with Crippen molar-refractivity contribution in [3.8, 4) is 5.82 Å². The van der Waals surface area contributed by atoms with Gasteiger partial charge >= 0.3 is 5.97 Å². The van der Waals surface area contributed by atoms with E-state index in [0.717, 1.165) is 0 Å². The van der Waals surface area contributed by atoms with Crippen LogP contribution in [0.25, 0.3) is 5.82 Å². The van der Waals surface area contributed by atoms with Crippen molar-refractivity contribution in [3.63, 3.8) is 0 Å². The van der Waals surface area contributed by atoms with Gasteiger partial charge in [0.05, 0.1) is 19.0 Å². The summed E-state index contributed by atoms with van der Waals surface area (Å²) in [5, 5.41) is 4.18. The van der Waals surface area contributed by atoms with Crippen LogP contribution in [-0.2, 0) is 4.74 Å². The van der Waals surface area contributed by atoms with E-state index in [2.05, 4.69) is 15.1 Å². The highest BCUT2D eigenvalue weighted by atomic mass is 16.5. The molecule has 0 amide bonds. The lowest BCUT2D eigenvalue weighted by Gasteiger charge is -2.08. The molecular formula is C11H13N5O2. The third kappa shape index (κ3) is 2.02. The van der Waals surface area contributed by atoms with E-state index in [0.29, 0.717) is 23.2 Å². The van der Waals surface area contributed by atoms with Crippen molar-refractivity contribution in [2.24, 2.45) is 0 Å². The van der Waals surface area contributed by atoms with Crippen LogP contribution in [-0.4, -0.2) is 32.8 Å². The maximum atomic E-state index is 11.7. The van der Waals surface area contributed by atoms with Crippen LogP contribution in [0.5, 0.6) is 0 Å². The Bertz CT molecular complexity index is 605. The molecule has 2 aromatic heterocycles. The van der Waals surface area contributed by atoms with Crippen LogP contribution in [0.15, 0.2) is 12.3 Å². The van der Waals surface area contributed by atoms with Crippen LogP contribution in [0.1, 0.15) is 22.0 Å². The molecule has 0 aliphatic heterocycles. The summed E-state index contributed by atoms with van der Waals surface area (Å²) in [4.78, 5) is 20.0. The number of hydrogen-bond donors (Lipinski definition) is 1. The summed E-state index contributed by atoms with van der Waals surface area (Å²) < 4.78 is 6.19. The van der Waals surface area contributed by atoms with Crippen molar-refractivity contribution in [2.75, 3.05) is 12.8 Å². The van der Waals surface area contributed by atoms with Crippen LogP contribution in [0, 0.1) is 13.8 Å². The number of carbonyl (C=O) groups is 1. The van der Waals surface area contributed by atoms with Gasteiger partial charge in [-0.05, 0) is 19.9 Å². The Morgan fingerprint density at radius 3 is 2.72 bits per heavy atom. The molecule has 2 aromatic rings. The number of anilines is 1. The van der Waals surface area contributed by atoms with E-state index >= 15 is 0 Å². The smallest absolute Gasteiger partial charge is 0.341 e. The molecule has 0 aliphatic carbocycles. The molecule has 2 rings (SSSR count). The molecule has 0 saturated heterocycles. The number of esters is 1. The van der Waals surface area contributed by atoms with E-state index in [-0.39, 0.29) is 5.56 Å². The summed E-state index contributed by atoms with van der Waals surface area (Å²) >= 11 is 0. The summed E-state index contributed by atoms with van der Waals surface area (Å²) in [6, 6.07) is 1.50. The number of carbonyl (C=O) groups excluding carboxylic acids is 1. The molecule has 0 spiro atoms. The van der Waals surface area contributed by atoms with Crippen LogP contribution >= 0.6 is 0 Å². The second-order valence-corrected chi connectivity index (χ2v) is 3.75. The van der Waals surface area contributed by atoms with E-state index in [1.165, 1.54) is 24.1 Å². The maximum Gasteiger partial charge on any atom is 0.341 e. The first kappa shape index (κ1) is 12.0. The van der Waals surface area contributed by atoms with Gasteiger partial charge in [0.15, 0.2) is 5.82 Å². The number of nitrogen functional groups attached to an aromatic ring is 1. The van der Waals surface area contributed by atoms with Gasteiger partial charge in [0, 0.05) is 0 Å². The fourth-order valence-corrected chi connectivity index (χ4v) is 1.62. The van der Waals surface area contributed by atoms with Gasteiger partial charge in [0.2, 0.25) is 0 Å². The average Bonchev–Trinajstić information content (AvgIpc) is 2.67. The van der Waals surface area contributed by atoms with E-state index in [1.54, 1.807) is 13.8 Å². The van der Waals surface area contributed by atoms with Crippen molar-refractivity contribution in [2.45, 2.75) is 13.8 Å². The molecule has 0 fully saturated rings. The van der Waals surface area contributed by atoms with Crippen molar-refractivity contribution in [3.05, 3.63) is 29.5 Å². The van der Waals surface area contributed by atoms with Gasteiger partial charge in [-0.3, -0.25) is 0 Å². The first-order valence-corrected chi connectivity index (χ1v) is 5.27. The van der Waals surface area contributed by atoms with Gasteiger partial charge in [-0.2, -0.15) is 4.68 Å². The summed E-state index contributed by atoms with van der Waals surface area (Å²) in [6.45, 7) is 3.54. The molecule has 7 nitrogen and oxygen atoms in total. The minimum atomic E-state index is -0.516. The number of methoxy groups -OCH3 is 1. The SMILES string of the molecule is COC(=O)c1cc(N)cnc1-n1nc(C)nc1C. The quantitative estimate of drug-likeness (QED) is 0.782. The van der Waals surface area contributed by atoms with Gasteiger partial charge < -0.3 is 10.5 Å². The van der Waals surface area contributed by atoms with E-state index in [1.807, 2.05) is 0 Å². The minimum absolute atomic E-state index is 0.255. The Kier molecular flexibility index (Phi) is 2.97. The second-order valence-electron chi connectivity index (χ2n) is 3.75. The van der Waals surface area contributed by atoms with Crippen molar-refractivity contribution >= 4 is 11.7 Å². The largest absolute Gasteiger partial charge is 0.465 e. The fraction of sp³-hybridized carbons (Fsp3) is 0.273. The molecule has 7 heteroatoms. The number of nitrogens with zero attached hydrogens (tertiary/aromatic N) is 4. The van der Waals surface area contributed by atoms with E-state index < -0.39 is 5.97 Å². The number of pyridine rings is 1. The zero-order chi connectivity index (χ0) is 13.3. The Hall–Kier alpha value is -2.44. The molecule has 94 valence electrons. The number of hydrogen-bond acceptors (Lipinski definition) is 6. The zero-order valence-corrected chi connectivity index (χ0v) is 10.3. The Balaban J connectivity index is 2.64. The zero-order valence-electron chi connectivity index (χ0n) is 10.3. The summed E-state index contributed by atoms with van der Waals surface area (Å²) in [5.74, 6) is 1.07. The molecule has 2 N–H and O–H groups in total. The number of aryl methyl sites for hydroxylation is 2. The predicted molar refractivity (Wildman–Crippen MR) is 64.4 cm³/mol. The summed E-state index contributed by atoms with van der Waals surface area (Å²) in [5.41, 5.74) is 6.26. The molecule has 0 bridgehead atoms. The molecule has 2 heterocycles. The molecule has 0 aliphatic rings. The van der Waals surface area contributed by atoms with E-state index in [9.17, 15) is 4.79 Å². The number of nitrogens with two attached hydrogens (primary N) is 1. The lowest BCUT2D eigenvalue weighted by atomic mass is 10.2. The lowest BCUT2D eigenvalue weighted by Crippen LogP contribution is -2.12. The van der Waals surface area contributed by atoms with Crippen molar-refractivity contribution in [1.82, 2.24) is 19.7 Å². The molecule has 18 heavy (non-hydrogen) atoms. The highest BCUT2D eigenvalue weighted by Gasteiger charge is 2.18. The molecule has 0 saturated carbocycles. The normalized spacial score (nSPS) is 10.4. The average molecular weight is 247 g/mol. The topological polar surface area (TPSA) is 95.9 Å². The molecule has 0 unspecified atom stereocenters. The Labute approximate surface area is 104 Å². The standard InChI is InChI=1S/C11H13N5O2/c1-6-14-7(2)16(15-6)10-9(11(17)18-3)4-8(12)5-13-10/h4-5H,12H2,1-3H3. The highest BCUT2D eigenvalue weighted by Crippen LogP contribution is 2.16. The Morgan fingerprint density at radius 1 is 1.44 bits per heavy atom. The molecule has 0 radical (unpaired) electrons. The van der Waals surface area contributed by atoms with Crippen molar-refractivity contribution < 1.29 is 9.53 Å². The third-order valence-corrected chi connectivity index (χ3v) is 2.37. The summed E-state index contributed by atoms with van der Waals surface area (Å²) in [6.07, 6.45) is 1.46. The van der Waals surface area contributed by atoms with Gasteiger partial charge in [-0.25, -0.2) is 14.8 Å². The third-order valence-electron chi connectivity index (χ3n) is 2.37. The van der Waals surface area contributed by atoms with Gasteiger partial charge in [0.25, 0.3) is 0 Å². The molecular weight excluding hydrogens is 234 g/mol. The second kappa shape index (κ2) is 4.44. The van der Waals surface area contributed by atoms with Crippen LogP contribution < -0.4 is 5.73 Å². The highest BCUT2D eigenvalue weighted by molar-refractivity contribution is 5.93. The Morgan fingerprint density at radius 2 is 2.17 bits per heavy atom. The number of ether oxygens (including phenoxy) is 1. The number of rotatable bonds is 2. The first-order valence-electron chi connectivity index (χ1n) is 5.27. The fourth-order valence-electron chi connectivity index (χ4n) is 1.62. The van der Waals surface area contributed by atoms with Crippen LogP contribution in [0.4, 0.5) is 5.69 Å². The molecule has 0 aromatic carbocycles. The van der Waals surface area contributed by atoms with Crippen LogP contribution in [0.2, 0.25) is 0 Å². The summed E-state index contributed by atoms with van der Waals surface area (Å²) in [7, 11) is 1.30. The van der Waals surface area contributed by atoms with Gasteiger partial charge in [-0.1, -0.05) is 0 Å². The monoisotopic (exact) mass is 247 g/mol. The number of aromatic nitrogens is 4. The van der Waals surface area contributed by atoms with E-state index in [4.69, 9.17) is 10.5 Å². The van der Waals surface area contributed by atoms with Gasteiger partial charge in [0.1, 0.15) is 17.2 Å². The maximum absolute atomic E-state index is 11.7. The first-order chi connectivity index (χ1) is 8.52. The lowest BCUT2D eigenvalue weighted by molar-refractivity contribution is 0.0600. The minimum Gasteiger partial charge on any atom is -0.465 e.